The van der Waals surface area contributed by atoms with E-state index in [0.717, 1.165) is 11.3 Å². The van der Waals surface area contributed by atoms with Gasteiger partial charge in [0.05, 0.1) is 4.88 Å². The summed E-state index contributed by atoms with van der Waals surface area (Å²) >= 11 is -4.60. The fourth-order valence-electron chi connectivity index (χ4n) is 0.687. The summed E-state index contributed by atoms with van der Waals surface area (Å²) in [6, 6.07) is 2.94. The average molecular weight is 255 g/mol. The summed E-state index contributed by atoms with van der Waals surface area (Å²) < 4.78 is 38.2. The highest BCUT2D eigenvalue weighted by molar-refractivity contribution is 7.93. The molecular formula is C5H5NO5S3. The summed E-state index contributed by atoms with van der Waals surface area (Å²) in [7, 11) is 0. The summed E-state index contributed by atoms with van der Waals surface area (Å²) in [5.41, 5.74) is 0. The Morgan fingerprint density at radius 2 is 1.93 bits per heavy atom. The molecule has 0 aromatic carbocycles. The Balaban J connectivity index is 2.97. The first-order valence-corrected chi connectivity index (χ1v) is 6.14. The maximum atomic E-state index is 11.3. The maximum absolute atomic E-state index is 11.3. The monoisotopic (exact) mass is 255 g/mol. The smallest absolute Gasteiger partial charge is 0.288 e. The first-order chi connectivity index (χ1) is 6.54. The molecule has 9 heteroatoms. The van der Waals surface area contributed by atoms with E-state index in [1.54, 1.807) is 11.4 Å². The molecule has 1 rings (SSSR count). The molecule has 2 unspecified atom stereocenters. The van der Waals surface area contributed by atoms with Crippen molar-refractivity contribution in [3.05, 3.63) is 22.4 Å². The Labute approximate surface area is 88.4 Å². The maximum Gasteiger partial charge on any atom is 0.291 e. The number of carbonyl (C=O) groups is 1. The van der Waals surface area contributed by atoms with Crippen molar-refractivity contribution in [1.82, 2.24) is 3.71 Å². The molecular weight excluding hydrogens is 250 g/mol. The molecule has 1 amide bonds. The first-order valence-electron chi connectivity index (χ1n) is 3.14. The van der Waals surface area contributed by atoms with Crippen LogP contribution in [0.2, 0.25) is 0 Å². The highest BCUT2D eigenvalue weighted by Gasteiger charge is 2.26. The fourth-order valence-corrected chi connectivity index (χ4v) is 2.37. The van der Waals surface area contributed by atoms with E-state index in [1.807, 2.05) is 0 Å². The van der Waals surface area contributed by atoms with Crippen molar-refractivity contribution in [2.24, 2.45) is 0 Å². The minimum Gasteiger partial charge on any atom is -0.288 e. The molecule has 0 saturated heterocycles. The van der Waals surface area contributed by atoms with E-state index in [4.69, 9.17) is 9.11 Å². The second kappa shape index (κ2) is 4.75. The number of rotatable bonds is 3. The van der Waals surface area contributed by atoms with Gasteiger partial charge >= 0.3 is 0 Å². The number of nitrogens with zero attached hydrogens (tertiary/aromatic N) is 1. The van der Waals surface area contributed by atoms with E-state index in [-0.39, 0.29) is 8.59 Å². The molecule has 78 valence electrons. The molecule has 0 radical (unpaired) electrons. The molecule has 0 saturated carbocycles. The minimum atomic E-state index is -2.81. The van der Waals surface area contributed by atoms with Gasteiger partial charge < -0.3 is 0 Å². The van der Waals surface area contributed by atoms with Gasteiger partial charge in [0.2, 0.25) is 0 Å². The van der Waals surface area contributed by atoms with Gasteiger partial charge in [-0.15, -0.1) is 15.0 Å². The van der Waals surface area contributed by atoms with E-state index in [9.17, 15) is 13.2 Å². The van der Waals surface area contributed by atoms with E-state index in [2.05, 4.69) is 0 Å². The third-order valence-corrected chi connectivity index (χ3v) is 3.70. The van der Waals surface area contributed by atoms with Gasteiger partial charge in [0.25, 0.3) is 28.4 Å². The van der Waals surface area contributed by atoms with Crippen molar-refractivity contribution in [2.75, 3.05) is 0 Å². The van der Waals surface area contributed by atoms with Crippen LogP contribution in [0.15, 0.2) is 17.5 Å². The summed E-state index contributed by atoms with van der Waals surface area (Å²) in [5.74, 6) is -0.957. The topological polar surface area (TPSA) is 94.9 Å². The van der Waals surface area contributed by atoms with Gasteiger partial charge in [-0.25, -0.2) is 8.42 Å². The van der Waals surface area contributed by atoms with Crippen LogP contribution in [0.3, 0.4) is 0 Å². The Bertz CT molecular complexity index is 361. The highest BCUT2D eigenvalue weighted by atomic mass is 32.3. The SMILES string of the molecule is O=C(c1cccs1)N(S(=O)O)S(=O)O. The summed E-state index contributed by atoms with van der Waals surface area (Å²) in [4.78, 5) is 11.4. The predicted octanol–water partition coefficient (Wildman–Crippen LogP) is 0.464. The van der Waals surface area contributed by atoms with E-state index in [0.29, 0.717) is 0 Å². The summed E-state index contributed by atoms with van der Waals surface area (Å²) in [6.07, 6.45) is 0. The summed E-state index contributed by atoms with van der Waals surface area (Å²) in [6.45, 7) is 0. The third kappa shape index (κ3) is 2.45. The lowest BCUT2D eigenvalue weighted by atomic mass is 10.5. The van der Waals surface area contributed by atoms with Crippen LogP contribution in [0.4, 0.5) is 0 Å². The molecule has 0 aliphatic heterocycles. The van der Waals surface area contributed by atoms with E-state index >= 15 is 0 Å². The minimum absolute atomic E-state index is 0.0359. The van der Waals surface area contributed by atoms with Crippen LogP contribution >= 0.6 is 11.3 Å². The first kappa shape index (κ1) is 11.5. The number of thiophene rings is 1. The molecule has 0 bridgehead atoms. The van der Waals surface area contributed by atoms with Gasteiger partial charge in [-0.1, -0.05) is 6.07 Å². The van der Waals surface area contributed by atoms with Crippen LogP contribution in [0.25, 0.3) is 0 Å². The van der Waals surface area contributed by atoms with Gasteiger partial charge in [-0.3, -0.25) is 13.9 Å². The van der Waals surface area contributed by atoms with Crippen LogP contribution in [0, 0.1) is 0 Å². The fraction of sp³-hybridized carbons (Fsp3) is 0. The lowest BCUT2D eigenvalue weighted by molar-refractivity contribution is 0.0924. The van der Waals surface area contributed by atoms with Crippen LogP contribution in [0.1, 0.15) is 9.67 Å². The van der Waals surface area contributed by atoms with Gasteiger partial charge in [0.15, 0.2) is 0 Å². The standard InChI is InChI=1S/C5H5NO5S3/c7-5(4-2-1-3-12-4)6(13(8)9)14(10)11/h1-3H,(H,8,9)(H,10,11). The molecule has 1 aromatic rings. The molecule has 6 nitrogen and oxygen atoms in total. The predicted molar refractivity (Wildman–Crippen MR) is 52.0 cm³/mol. The Morgan fingerprint density at radius 1 is 1.36 bits per heavy atom. The molecule has 0 spiro atoms. The van der Waals surface area contributed by atoms with Crippen molar-refractivity contribution in [3.63, 3.8) is 0 Å². The van der Waals surface area contributed by atoms with Crippen molar-refractivity contribution >= 4 is 39.8 Å². The van der Waals surface area contributed by atoms with Gasteiger partial charge in [0, 0.05) is 0 Å². The zero-order chi connectivity index (χ0) is 10.7. The zero-order valence-corrected chi connectivity index (χ0v) is 8.97. The number of amides is 1. The van der Waals surface area contributed by atoms with Crippen molar-refractivity contribution in [3.8, 4) is 0 Å². The van der Waals surface area contributed by atoms with E-state index < -0.39 is 28.4 Å². The zero-order valence-electron chi connectivity index (χ0n) is 6.52. The van der Waals surface area contributed by atoms with Crippen LogP contribution < -0.4 is 0 Å². The quantitative estimate of drug-likeness (QED) is 0.765. The van der Waals surface area contributed by atoms with Gasteiger partial charge in [-0.2, -0.15) is 0 Å². The molecule has 2 atom stereocenters. The molecule has 14 heavy (non-hydrogen) atoms. The molecule has 0 fully saturated rings. The third-order valence-electron chi connectivity index (χ3n) is 1.18. The van der Waals surface area contributed by atoms with Crippen molar-refractivity contribution in [1.29, 1.82) is 0 Å². The number of carbonyl (C=O) groups excluding carboxylic acids is 1. The number of hydrogen-bond acceptors (Lipinski definition) is 4. The molecule has 1 heterocycles. The lowest BCUT2D eigenvalue weighted by Gasteiger charge is -2.10. The largest absolute Gasteiger partial charge is 0.291 e. The Morgan fingerprint density at radius 3 is 2.29 bits per heavy atom. The van der Waals surface area contributed by atoms with Crippen LogP contribution in [0.5, 0.6) is 0 Å². The molecule has 0 aliphatic carbocycles. The van der Waals surface area contributed by atoms with Crippen LogP contribution in [-0.2, 0) is 22.5 Å². The second-order valence-corrected chi connectivity index (χ2v) is 4.83. The Hall–Kier alpha value is -0.610. The average Bonchev–Trinajstić information content (AvgIpc) is 2.53. The van der Waals surface area contributed by atoms with E-state index in [1.165, 1.54) is 6.07 Å². The molecule has 2 N–H and O–H groups in total. The number of hydrogen-bond donors (Lipinski definition) is 2. The van der Waals surface area contributed by atoms with Gasteiger partial charge in [-0.05, 0) is 11.4 Å². The highest BCUT2D eigenvalue weighted by Crippen LogP contribution is 2.13. The molecule has 0 aliphatic rings. The Kier molecular flexibility index (Phi) is 3.89. The van der Waals surface area contributed by atoms with Crippen molar-refractivity contribution in [2.45, 2.75) is 0 Å². The molecule has 1 aromatic heterocycles. The second-order valence-electron chi connectivity index (χ2n) is 2.00. The van der Waals surface area contributed by atoms with Gasteiger partial charge in [0.1, 0.15) is 0 Å². The van der Waals surface area contributed by atoms with Crippen LogP contribution in [-0.4, -0.2) is 27.1 Å². The lowest BCUT2D eigenvalue weighted by Crippen LogP contribution is -2.33. The summed E-state index contributed by atoms with van der Waals surface area (Å²) in [5, 5.41) is 1.58. The van der Waals surface area contributed by atoms with Crippen molar-refractivity contribution < 1.29 is 22.3 Å². The normalized spacial score (nSPS) is 14.7.